The quantitative estimate of drug-likeness (QED) is 0.842. The molecule has 2 nitrogen and oxygen atoms in total. The van der Waals surface area contributed by atoms with Gasteiger partial charge in [0.05, 0.1) is 0 Å². The molecule has 0 fully saturated rings. The Kier molecular flexibility index (Phi) is 4.96. The van der Waals surface area contributed by atoms with Crippen molar-refractivity contribution in [1.82, 2.24) is 0 Å². The lowest BCUT2D eigenvalue weighted by molar-refractivity contribution is 0.102. The summed E-state index contributed by atoms with van der Waals surface area (Å²) in [6.07, 6.45) is 2.20. The molecule has 3 heteroatoms. The number of amides is 1. The van der Waals surface area contributed by atoms with Crippen LogP contribution in [-0.2, 0) is 6.42 Å². The second-order valence-electron chi connectivity index (χ2n) is 4.87. The van der Waals surface area contributed by atoms with Crippen LogP contribution in [0.3, 0.4) is 0 Å². The van der Waals surface area contributed by atoms with Crippen molar-refractivity contribution in [3.8, 4) is 0 Å². The molecule has 0 aliphatic rings. The average molecular weight is 332 g/mol. The van der Waals surface area contributed by atoms with E-state index in [1.807, 2.05) is 37.3 Å². The third-order valence-corrected chi connectivity index (χ3v) is 4.06. The van der Waals surface area contributed by atoms with Crippen molar-refractivity contribution in [2.24, 2.45) is 0 Å². The molecule has 0 aliphatic heterocycles. The Morgan fingerprint density at radius 2 is 1.85 bits per heavy atom. The molecule has 0 saturated heterocycles. The van der Waals surface area contributed by atoms with E-state index in [4.69, 9.17) is 0 Å². The summed E-state index contributed by atoms with van der Waals surface area (Å²) in [5, 5.41) is 2.92. The number of hydrogen-bond acceptors (Lipinski definition) is 1. The summed E-state index contributed by atoms with van der Waals surface area (Å²) in [4.78, 5) is 12.2. The third kappa shape index (κ3) is 3.70. The van der Waals surface area contributed by atoms with E-state index in [9.17, 15) is 4.79 Å². The molecule has 1 N–H and O–H groups in total. The minimum Gasteiger partial charge on any atom is -0.322 e. The molecule has 0 aliphatic carbocycles. The molecule has 0 bridgehead atoms. The van der Waals surface area contributed by atoms with Crippen molar-refractivity contribution in [3.63, 3.8) is 0 Å². The highest BCUT2D eigenvalue weighted by Gasteiger charge is 2.07. The second-order valence-corrected chi connectivity index (χ2v) is 5.72. The standard InChI is InChI=1S/C17H18BrNO/c1-3-4-13-5-8-15(9-6-13)19-17(20)14-7-10-16(18)12(2)11-14/h5-11H,3-4H2,1-2H3,(H,19,20). The number of halogens is 1. The third-order valence-electron chi connectivity index (χ3n) is 3.17. The van der Waals surface area contributed by atoms with E-state index in [1.165, 1.54) is 5.56 Å². The Morgan fingerprint density at radius 1 is 1.15 bits per heavy atom. The van der Waals surface area contributed by atoms with Crippen LogP contribution in [0.15, 0.2) is 46.9 Å². The van der Waals surface area contributed by atoms with E-state index >= 15 is 0 Å². The van der Waals surface area contributed by atoms with Gasteiger partial charge >= 0.3 is 0 Å². The zero-order valence-electron chi connectivity index (χ0n) is 11.7. The number of aryl methyl sites for hydroxylation is 2. The highest BCUT2D eigenvalue weighted by molar-refractivity contribution is 9.10. The Balaban J connectivity index is 2.08. The van der Waals surface area contributed by atoms with Gasteiger partial charge in [0.15, 0.2) is 0 Å². The molecule has 0 spiro atoms. The second kappa shape index (κ2) is 6.71. The first-order valence-electron chi connectivity index (χ1n) is 6.76. The number of carbonyl (C=O) groups excluding carboxylic acids is 1. The van der Waals surface area contributed by atoms with Crippen LogP contribution >= 0.6 is 15.9 Å². The number of benzene rings is 2. The van der Waals surface area contributed by atoms with Crippen LogP contribution in [0.25, 0.3) is 0 Å². The van der Waals surface area contributed by atoms with Gasteiger partial charge in [-0.2, -0.15) is 0 Å². The summed E-state index contributed by atoms with van der Waals surface area (Å²) < 4.78 is 1.01. The van der Waals surface area contributed by atoms with Crippen molar-refractivity contribution in [1.29, 1.82) is 0 Å². The van der Waals surface area contributed by atoms with E-state index in [0.29, 0.717) is 5.56 Å². The van der Waals surface area contributed by atoms with Crippen molar-refractivity contribution in [2.45, 2.75) is 26.7 Å². The predicted octanol–water partition coefficient (Wildman–Crippen LogP) is 4.96. The van der Waals surface area contributed by atoms with Gasteiger partial charge in [-0.05, 0) is 54.8 Å². The number of anilines is 1. The van der Waals surface area contributed by atoms with Crippen molar-refractivity contribution < 1.29 is 4.79 Å². The van der Waals surface area contributed by atoms with Gasteiger partial charge in [-0.3, -0.25) is 4.79 Å². The first-order chi connectivity index (χ1) is 9.60. The molecule has 0 unspecified atom stereocenters. The SMILES string of the molecule is CCCc1ccc(NC(=O)c2ccc(Br)c(C)c2)cc1. The van der Waals surface area contributed by atoms with Crippen LogP contribution in [0.5, 0.6) is 0 Å². The lowest BCUT2D eigenvalue weighted by atomic mass is 10.1. The Hall–Kier alpha value is -1.61. The maximum Gasteiger partial charge on any atom is 0.255 e. The fourth-order valence-electron chi connectivity index (χ4n) is 2.03. The zero-order valence-corrected chi connectivity index (χ0v) is 13.3. The minimum absolute atomic E-state index is 0.0798. The molecular formula is C17H18BrNO. The smallest absolute Gasteiger partial charge is 0.255 e. The van der Waals surface area contributed by atoms with Crippen molar-refractivity contribution in [3.05, 3.63) is 63.6 Å². The van der Waals surface area contributed by atoms with Crippen LogP contribution in [-0.4, -0.2) is 5.91 Å². The molecule has 0 aromatic heterocycles. The van der Waals surface area contributed by atoms with E-state index in [0.717, 1.165) is 28.6 Å². The zero-order chi connectivity index (χ0) is 14.5. The lowest BCUT2D eigenvalue weighted by Gasteiger charge is -2.07. The van der Waals surface area contributed by atoms with E-state index in [2.05, 4.69) is 40.3 Å². The first-order valence-corrected chi connectivity index (χ1v) is 7.56. The van der Waals surface area contributed by atoms with Crippen LogP contribution in [0.2, 0.25) is 0 Å². The molecule has 2 aromatic carbocycles. The number of nitrogens with one attached hydrogen (secondary N) is 1. The van der Waals surface area contributed by atoms with E-state index < -0.39 is 0 Å². The molecular weight excluding hydrogens is 314 g/mol. The normalized spacial score (nSPS) is 10.3. The van der Waals surface area contributed by atoms with E-state index in [1.54, 1.807) is 0 Å². The highest BCUT2D eigenvalue weighted by atomic mass is 79.9. The Bertz CT molecular complexity index is 605. The Morgan fingerprint density at radius 3 is 2.45 bits per heavy atom. The maximum atomic E-state index is 12.2. The highest BCUT2D eigenvalue weighted by Crippen LogP contribution is 2.18. The monoisotopic (exact) mass is 331 g/mol. The molecule has 1 amide bonds. The predicted molar refractivity (Wildman–Crippen MR) is 87.3 cm³/mol. The Labute approximate surface area is 128 Å². The molecule has 20 heavy (non-hydrogen) atoms. The summed E-state index contributed by atoms with van der Waals surface area (Å²) in [6.45, 7) is 4.13. The molecule has 0 atom stereocenters. The molecule has 104 valence electrons. The lowest BCUT2D eigenvalue weighted by Crippen LogP contribution is -2.12. The molecule has 2 rings (SSSR count). The molecule has 0 heterocycles. The molecule has 0 saturated carbocycles. The number of hydrogen-bond donors (Lipinski definition) is 1. The van der Waals surface area contributed by atoms with Gasteiger partial charge in [0, 0.05) is 15.7 Å². The number of carbonyl (C=O) groups is 1. The van der Waals surface area contributed by atoms with Gasteiger partial charge in [0.2, 0.25) is 0 Å². The van der Waals surface area contributed by atoms with Gasteiger partial charge in [0.25, 0.3) is 5.91 Å². The van der Waals surface area contributed by atoms with Gasteiger partial charge in [-0.15, -0.1) is 0 Å². The first kappa shape index (κ1) is 14.8. The van der Waals surface area contributed by atoms with Crippen LogP contribution in [0.1, 0.15) is 34.8 Å². The molecule has 0 radical (unpaired) electrons. The largest absolute Gasteiger partial charge is 0.322 e. The van der Waals surface area contributed by atoms with Crippen LogP contribution in [0.4, 0.5) is 5.69 Å². The maximum absolute atomic E-state index is 12.2. The molecule has 2 aromatic rings. The van der Waals surface area contributed by atoms with Gasteiger partial charge < -0.3 is 5.32 Å². The van der Waals surface area contributed by atoms with Gasteiger partial charge in [0.1, 0.15) is 0 Å². The van der Waals surface area contributed by atoms with E-state index in [-0.39, 0.29) is 5.91 Å². The van der Waals surface area contributed by atoms with Crippen LogP contribution in [0, 0.1) is 6.92 Å². The minimum atomic E-state index is -0.0798. The summed E-state index contributed by atoms with van der Waals surface area (Å²) in [5.74, 6) is -0.0798. The van der Waals surface area contributed by atoms with Crippen molar-refractivity contribution in [2.75, 3.05) is 5.32 Å². The van der Waals surface area contributed by atoms with Gasteiger partial charge in [-0.1, -0.05) is 41.4 Å². The summed E-state index contributed by atoms with van der Waals surface area (Å²) in [5.41, 5.74) is 3.85. The fraction of sp³-hybridized carbons (Fsp3) is 0.235. The summed E-state index contributed by atoms with van der Waals surface area (Å²) in [6, 6.07) is 13.6. The number of rotatable bonds is 4. The van der Waals surface area contributed by atoms with Gasteiger partial charge in [-0.25, -0.2) is 0 Å². The average Bonchev–Trinajstić information content (AvgIpc) is 2.44. The fourth-order valence-corrected chi connectivity index (χ4v) is 2.28. The summed E-state index contributed by atoms with van der Waals surface area (Å²) in [7, 11) is 0. The van der Waals surface area contributed by atoms with Crippen molar-refractivity contribution >= 4 is 27.5 Å². The summed E-state index contributed by atoms with van der Waals surface area (Å²) >= 11 is 3.44. The topological polar surface area (TPSA) is 29.1 Å². The van der Waals surface area contributed by atoms with Crippen LogP contribution < -0.4 is 5.32 Å².